The van der Waals surface area contributed by atoms with Crippen molar-refractivity contribution in [2.75, 3.05) is 17.7 Å². The van der Waals surface area contributed by atoms with Crippen molar-refractivity contribution in [1.82, 2.24) is 4.98 Å². The first kappa shape index (κ1) is 18.3. The van der Waals surface area contributed by atoms with E-state index in [2.05, 4.69) is 25.2 Å². The molecule has 0 unspecified atom stereocenters. The van der Waals surface area contributed by atoms with Gasteiger partial charge in [-0.05, 0) is 37.1 Å². The topological polar surface area (TPSA) is 51.2 Å². The molecule has 0 aliphatic rings. The normalized spacial score (nSPS) is 10.7. The second kappa shape index (κ2) is 8.72. The van der Waals surface area contributed by atoms with Crippen LogP contribution in [0.15, 0.2) is 59.5 Å². The average molecular weight is 366 g/mol. The first-order valence-corrected chi connectivity index (χ1v) is 9.67. The standard InChI is InChI=1S/C21H22N2O2S/c1-3-17-15(2)22-19-12-8-7-11-18(19)20(17)26-14-13-25-21(24)23-16-9-5-4-6-10-16/h4-12H,3,13-14H2,1-2H3,(H,23,24). The van der Waals surface area contributed by atoms with Gasteiger partial charge in [0.1, 0.15) is 6.61 Å². The van der Waals surface area contributed by atoms with Gasteiger partial charge in [-0.3, -0.25) is 10.3 Å². The lowest BCUT2D eigenvalue weighted by Crippen LogP contribution is -2.15. The zero-order valence-electron chi connectivity index (χ0n) is 15.0. The molecule has 26 heavy (non-hydrogen) atoms. The summed E-state index contributed by atoms with van der Waals surface area (Å²) in [6.45, 7) is 4.55. The molecule has 3 rings (SSSR count). The molecule has 1 aromatic heterocycles. The van der Waals surface area contributed by atoms with Gasteiger partial charge in [-0.2, -0.15) is 0 Å². The molecule has 0 atom stereocenters. The molecule has 0 saturated carbocycles. The summed E-state index contributed by atoms with van der Waals surface area (Å²) < 4.78 is 5.30. The molecule has 1 amide bonds. The molecule has 1 heterocycles. The monoisotopic (exact) mass is 366 g/mol. The molecule has 2 aromatic carbocycles. The van der Waals surface area contributed by atoms with E-state index in [0.29, 0.717) is 12.4 Å². The summed E-state index contributed by atoms with van der Waals surface area (Å²) in [5.41, 5.74) is 4.07. The van der Waals surface area contributed by atoms with E-state index in [9.17, 15) is 4.79 Å². The molecule has 0 spiro atoms. The van der Waals surface area contributed by atoms with Crippen molar-refractivity contribution in [3.8, 4) is 0 Å². The number of nitrogens with zero attached hydrogens (tertiary/aromatic N) is 1. The largest absolute Gasteiger partial charge is 0.448 e. The van der Waals surface area contributed by atoms with Crippen LogP contribution >= 0.6 is 11.8 Å². The Labute approximate surface area is 158 Å². The summed E-state index contributed by atoms with van der Waals surface area (Å²) in [6.07, 6.45) is 0.504. The predicted octanol–water partition coefficient (Wildman–Crippen LogP) is 5.45. The number of thioether (sulfide) groups is 1. The number of hydrogen-bond acceptors (Lipinski definition) is 4. The first-order chi connectivity index (χ1) is 12.7. The summed E-state index contributed by atoms with van der Waals surface area (Å²) in [7, 11) is 0. The van der Waals surface area contributed by atoms with Crippen LogP contribution in [0.5, 0.6) is 0 Å². The number of carbonyl (C=O) groups excluding carboxylic acids is 1. The second-order valence-electron chi connectivity index (χ2n) is 5.85. The van der Waals surface area contributed by atoms with Crippen LogP contribution in [0.1, 0.15) is 18.2 Å². The lowest BCUT2D eigenvalue weighted by Gasteiger charge is -2.14. The quantitative estimate of drug-likeness (QED) is 0.466. The highest BCUT2D eigenvalue weighted by Crippen LogP contribution is 2.32. The number of aryl methyl sites for hydroxylation is 1. The Morgan fingerprint density at radius 2 is 1.85 bits per heavy atom. The Hall–Kier alpha value is -2.53. The maximum atomic E-state index is 11.9. The van der Waals surface area contributed by atoms with Crippen LogP contribution in [-0.4, -0.2) is 23.4 Å². The first-order valence-electron chi connectivity index (χ1n) is 8.69. The van der Waals surface area contributed by atoms with Crippen molar-refractivity contribution in [2.45, 2.75) is 25.2 Å². The average Bonchev–Trinajstić information content (AvgIpc) is 2.65. The lowest BCUT2D eigenvalue weighted by atomic mass is 10.1. The molecule has 4 nitrogen and oxygen atoms in total. The summed E-state index contributed by atoms with van der Waals surface area (Å²) in [5, 5.41) is 3.88. The van der Waals surface area contributed by atoms with Crippen molar-refractivity contribution in [3.63, 3.8) is 0 Å². The number of fused-ring (bicyclic) bond motifs is 1. The van der Waals surface area contributed by atoms with Crippen LogP contribution in [0.3, 0.4) is 0 Å². The van der Waals surface area contributed by atoms with E-state index in [1.165, 1.54) is 10.5 Å². The van der Waals surface area contributed by atoms with Crippen LogP contribution in [0.4, 0.5) is 10.5 Å². The van der Waals surface area contributed by atoms with Gasteiger partial charge >= 0.3 is 6.09 Å². The Kier molecular flexibility index (Phi) is 6.12. The Morgan fingerprint density at radius 1 is 1.12 bits per heavy atom. The number of anilines is 1. The van der Waals surface area contributed by atoms with Gasteiger partial charge < -0.3 is 4.74 Å². The molecule has 0 fully saturated rings. The van der Waals surface area contributed by atoms with Crippen molar-refractivity contribution in [3.05, 3.63) is 65.9 Å². The van der Waals surface area contributed by atoms with Gasteiger partial charge in [-0.25, -0.2) is 4.79 Å². The minimum absolute atomic E-state index is 0.349. The Bertz CT molecular complexity index is 897. The summed E-state index contributed by atoms with van der Waals surface area (Å²) in [6, 6.07) is 17.5. The Balaban J connectivity index is 1.62. The smallest absolute Gasteiger partial charge is 0.411 e. The van der Waals surface area contributed by atoms with E-state index >= 15 is 0 Å². The second-order valence-corrected chi connectivity index (χ2v) is 6.96. The minimum atomic E-state index is -0.428. The van der Waals surface area contributed by atoms with E-state index in [1.807, 2.05) is 48.5 Å². The molecule has 1 N–H and O–H groups in total. The predicted molar refractivity (Wildman–Crippen MR) is 108 cm³/mol. The Morgan fingerprint density at radius 3 is 2.62 bits per heavy atom. The fraction of sp³-hybridized carbons (Fsp3) is 0.238. The fourth-order valence-electron chi connectivity index (χ4n) is 2.87. The van der Waals surface area contributed by atoms with Gasteiger partial charge in [0.2, 0.25) is 0 Å². The highest BCUT2D eigenvalue weighted by atomic mass is 32.2. The van der Waals surface area contributed by atoms with Crippen LogP contribution in [0.2, 0.25) is 0 Å². The molecule has 5 heteroatoms. The number of carbonyl (C=O) groups is 1. The van der Waals surface area contributed by atoms with Crippen molar-refractivity contribution in [1.29, 1.82) is 0 Å². The van der Waals surface area contributed by atoms with Crippen LogP contribution in [0.25, 0.3) is 10.9 Å². The van der Waals surface area contributed by atoms with Gasteiger partial charge in [-0.1, -0.05) is 43.3 Å². The molecule has 0 aliphatic carbocycles. The van der Waals surface area contributed by atoms with E-state index < -0.39 is 6.09 Å². The molecule has 0 bridgehead atoms. The number of hydrogen-bond donors (Lipinski definition) is 1. The zero-order valence-corrected chi connectivity index (χ0v) is 15.8. The molecule has 134 valence electrons. The highest BCUT2D eigenvalue weighted by Gasteiger charge is 2.12. The summed E-state index contributed by atoms with van der Waals surface area (Å²) in [4.78, 5) is 17.8. The third-order valence-electron chi connectivity index (χ3n) is 4.08. The van der Waals surface area contributed by atoms with Gasteiger partial charge in [-0.15, -0.1) is 11.8 Å². The van der Waals surface area contributed by atoms with E-state index in [0.717, 1.165) is 28.7 Å². The SMILES string of the molecule is CCc1c(C)nc2ccccc2c1SCCOC(=O)Nc1ccccc1. The molecule has 3 aromatic rings. The third-order valence-corrected chi connectivity index (χ3v) is 5.21. The summed E-state index contributed by atoms with van der Waals surface area (Å²) >= 11 is 1.72. The number of rotatable bonds is 6. The number of aromatic nitrogens is 1. The molecule has 0 saturated heterocycles. The fourth-order valence-corrected chi connectivity index (χ4v) is 4.04. The lowest BCUT2D eigenvalue weighted by molar-refractivity contribution is 0.169. The minimum Gasteiger partial charge on any atom is -0.448 e. The molecular weight excluding hydrogens is 344 g/mol. The van der Waals surface area contributed by atoms with E-state index in [4.69, 9.17) is 9.72 Å². The zero-order chi connectivity index (χ0) is 18.4. The van der Waals surface area contributed by atoms with Crippen LogP contribution in [-0.2, 0) is 11.2 Å². The molecule has 0 aliphatic heterocycles. The van der Waals surface area contributed by atoms with Crippen LogP contribution in [0, 0.1) is 6.92 Å². The van der Waals surface area contributed by atoms with E-state index in [1.54, 1.807) is 11.8 Å². The molecule has 0 radical (unpaired) electrons. The number of amides is 1. The number of ether oxygens (including phenoxy) is 1. The third kappa shape index (κ3) is 4.35. The van der Waals surface area contributed by atoms with Gasteiger partial charge in [0.25, 0.3) is 0 Å². The van der Waals surface area contributed by atoms with Gasteiger partial charge in [0, 0.05) is 27.4 Å². The van der Waals surface area contributed by atoms with Gasteiger partial charge in [0.05, 0.1) is 5.52 Å². The number of para-hydroxylation sites is 2. The number of benzene rings is 2. The highest BCUT2D eigenvalue weighted by molar-refractivity contribution is 7.99. The van der Waals surface area contributed by atoms with E-state index in [-0.39, 0.29) is 0 Å². The number of pyridine rings is 1. The molecular formula is C21H22N2O2S. The van der Waals surface area contributed by atoms with Crippen molar-refractivity contribution in [2.24, 2.45) is 0 Å². The number of nitrogens with one attached hydrogen (secondary N) is 1. The summed E-state index contributed by atoms with van der Waals surface area (Å²) in [5.74, 6) is 0.697. The van der Waals surface area contributed by atoms with Crippen molar-refractivity contribution >= 4 is 34.4 Å². The van der Waals surface area contributed by atoms with Gasteiger partial charge in [0.15, 0.2) is 0 Å². The van der Waals surface area contributed by atoms with Crippen LogP contribution < -0.4 is 5.32 Å². The maximum Gasteiger partial charge on any atom is 0.411 e. The maximum absolute atomic E-state index is 11.9. The van der Waals surface area contributed by atoms with Crippen molar-refractivity contribution < 1.29 is 9.53 Å².